The number of rotatable bonds is 9. The molecule has 0 heterocycles. The molecule has 0 fully saturated rings. The van der Waals surface area contributed by atoms with E-state index in [0.29, 0.717) is 5.69 Å². The Kier molecular flexibility index (Phi) is 8.31. The smallest absolute Gasteiger partial charge is 0.340 e. The molecule has 0 radical (unpaired) electrons. The van der Waals surface area contributed by atoms with Gasteiger partial charge in [0.05, 0.1) is 22.8 Å². The summed E-state index contributed by atoms with van der Waals surface area (Å²) in [5.74, 6) is -1.35. The molecule has 0 saturated heterocycles. The van der Waals surface area contributed by atoms with Gasteiger partial charge < -0.3 is 15.4 Å². The van der Waals surface area contributed by atoms with Crippen molar-refractivity contribution in [2.45, 2.75) is 24.7 Å². The van der Waals surface area contributed by atoms with E-state index in [1.165, 1.54) is 12.1 Å². The Balaban J connectivity index is 2.16. The summed E-state index contributed by atoms with van der Waals surface area (Å²) in [6, 6.07) is 13.1. The molecule has 2 rings (SSSR count). The Morgan fingerprint density at radius 1 is 1.19 bits per heavy atom. The van der Waals surface area contributed by atoms with Crippen LogP contribution < -0.4 is 10.6 Å². The van der Waals surface area contributed by atoms with Gasteiger partial charge in [-0.1, -0.05) is 31.5 Å². The highest BCUT2D eigenvalue weighted by atomic mass is 32.2. The number of nitrogens with zero attached hydrogens (tertiary/aromatic N) is 1. The van der Waals surface area contributed by atoms with Crippen LogP contribution in [0.2, 0.25) is 0 Å². The summed E-state index contributed by atoms with van der Waals surface area (Å²) in [4.78, 5) is 24.2. The second-order valence-electron chi connectivity index (χ2n) is 6.31. The third-order valence-corrected chi connectivity index (χ3v) is 4.85. The minimum absolute atomic E-state index is 0.0705. The molecular formula is C21H21N3O6S. The second-order valence-corrected chi connectivity index (χ2v) is 7.73. The monoisotopic (exact) mass is 443 g/mol. The van der Waals surface area contributed by atoms with E-state index in [1.54, 1.807) is 30.3 Å². The lowest BCUT2D eigenvalue weighted by Gasteiger charge is -2.10. The van der Waals surface area contributed by atoms with Crippen molar-refractivity contribution in [2.24, 2.45) is 0 Å². The number of para-hydroxylation sites is 1. The van der Waals surface area contributed by atoms with Crippen LogP contribution in [0.1, 0.15) is 30.1 Å². The lowest BCUT2D eigenvalue weighted by molar-refractivity contribution is -0.112. The summed E-state index contributed by atoms with van der Waals surface area (Å²) >= 11 is 0. The fourth-order valence-electron chi connectivity index (χ4n) is 2.41. The normalized spacial score (nSPS) is 11.3. The lowest BCUT2D eigenvalue weighted by Crippen LogP contribution is -2.15. The average Bonchev–Trinajstić information content (AvgIpc) is 2.74. The summed E-state index contributed by atoms with van der Waals surface area (Å²) in [5, 5.41) is 14.4. The van der Waals surface area contributed by atoms with Gasteiger partial charge in [0.15, 0.2) is 0 Å². The number of unbranched alkanes of at least 4 members (excludes halogenated alkanes) is 1. The fraction of sp³-hybridized carbons (Fsp3) is 0.190. The topological polar surface area (TPSA) is 146 Å². The van der Waals surface area contributed by atoms with Crippen molar-refractivity contribution in [1.29, 1.82) is 5.26 Å². The number of carbonyl (C=O) groups excluding carboxylic acids is 2. The van der Waals surface area contributed by atoms with E-state index in [-0.39, 0.29) is 23.4 Å². The van der Waals surface area contributed by atoms with E-state index in [4.69, 9.17) is 9.29 Å². The molecule has 0 unspecified atom stereocenters. The van der Waals surface area contributed by atoms with Gasteiger partial charge in [0.1, 0.15) is 11.6 Å². The molecule has 9 nitrogen and oxygen atoms in total. The van der Waals surface area contributed by atoms with Gasteiger partial charge >= 0.3 is 5.97 Å². The van der Waals surface area contributed by atoms with Gasteiger partial charge in [0.2, 0.25) is 0 Å². The zero-order chi connectivity index (χ0) is 22.9. The number of hydrogen-bond acceptors (Lipinski definition) is 7. The standard InChI is InChI=1S/C21H21N3O6S/c1-2-3-11-30-21(26)18-9-4-5-10-19(18)23-14-15(13-22)20(25)24-16-7-6-8-17(12-16)31(27,28)29/h4-10,12,14,23H,2-3,11H2,1H3,(H,24,25)(H,27,28,29)/b15-14-. The van der Waals surface area contributed by atoms with Crippen molar-refractivity contribution >= 4 is 33.4 Å². The van der Waals surface area contributed by atoms with Crippen molar-refractivity contribution < 1.29 is 27.3 Å². The first-order valence-electron chi connectivity index (χ1n) is 9.28. The van der Waals surface area contributed by atoms with E-state index in [9.17, 15) is 23.3 Å². The van der Waals surface area contributed by atoms with Gasteiger partial charge in [0, 0.05) is 11.9 Å². The summed E-state index contributed by atoms with van der Waals surface area (Å²) in [7, 11) is -4.44. The second kappa shape index (κ2) is 10.9. The quantitative estimate of drug-likeness (QED) is 0.176. The summed E-state index contributed by atoms with van der Waals surface area (Å²) in [5.41, 5.74) is 0.332. The molecule has 10 heteroatoms. The van der Waals surface area contributed by atoms with Crippen LogP contribution in [0.25, 0.3) is 0 Å². The molecule has 0 aliphatic rings. The van der Waals surface area contributed by atoms with Gasteiger partial charge in [0.25, 0.3) is 16.0 Å². The van der Waals surface area contributed by atoms with Crippen LogP contribution in [-0.4, -0.2) is 31.5 Å². The van der Waals surface area contributed by atoms with Crippen LogP contribution in [-0.2, 0) is 19.6 Å². The Bertz CT molecular complexity index is 1140. The van der Waals surface area contributed by atoms with Gasteiger partial charge in [-0.25, -0.2) is 4.79 Å². The number of nitriles is 1. The van der Waals surface area contributed by atoms with Crippen LogP contribution in [0.4, 0.5) is 11.4 Å². The van der Waals surface area contributed by atoms with Crippen molar-refractivity contribution in [3.8, 4) is 6.07 Å². The first-order chi connectivity index (χ1) is 14.8. The predicted octanol–water partition coefficient (Wildman–Crippen LogP) is 3.35. The first kappa shape index (κ1) is 23.6. The fourth-order valence-corrected chi connectivity index (χ4v) is 2.93. The predicted molar refractivity (Wildman–Crippen MR) is 114 cm³/mol. The van der Waals surface area contributed by atoms with Crippen molar-refractivity contribution in [2.75, 3.05) is 17.2 Å². The molecule has 0 aliphatic heterocycles. The largest absolute Gasteiger partial charge is 0.462 e. The number of amides is 1. The zero-order valence-corrected chi connectivity index (χ0v) is 17.5. The molecule has 0 saturated carbocycles. The van der Waals surface area contributed by atoms with E-state index in [2.05, 4.69) is 10.6 Å². The lowest BCUT2D eigenvalue weighted by atomic mass is 10.1. The van der Waals surface area contributed by atoms with Gasteiger partial charge in [-0.2, -0.15) is 13.7 Å². The third kappa shape index (κ3) is 6.95. The number of ether oxygens (including phenoxy) is 1. The molecule has 1 amide bonds. The van der Waals surface area contributed by atoms with Crippen molar-refractivity contribution in [1.82, 2.24) is 0 Å². The summed E-state index contributed by atoms with van der Waals surface area (Å²) < 4.78 is 36.7. The molecule has 162 valence electrons. The Hall–Kier alpha value is -3.68. The van der Waals surface area contributed by atoms with E-state index < -0.39 is 26.9 Å². The molecule has 2 aromatic carbocycles. The number of benzene rings is 2. The summed E-state index contributed by atoms with van der Waals surface area (Å²) in [6.07, 6.45) is 2.74. The molecule has 0 spiro atoms. The summed E-state index contributed by atoms with van der Waals surface area (Å²) in [6.45, 7) is 2.26. The van der Waals surface area contributed by atoms with Gasteiger partial charge in [-0.3, -0.25) is 9.35 Å². The molecular weight excluding hydrogens is 422 g/mol. The minimum Gasteiger partial charge on any atom is -0.462 e. The average molecular weight is 443 g/mol. The first-order valence-corrected chi connectivity index (χ1v) is 10.7. The third-order valence-electron chi connectivity index (χ3n) is 4.00. The zero-order valence-electron chi connectivity index (χ0n) is 16.7. The van der Waals surface area contributed by atoms with Crippen molar-refractivity contribution in [3.05, 3.63) is 65.9 Å². The number of esters is 1. The van der Waals surface area contributed by atoms with E-state index in [1.807, 2.05) is 6.92 Å². The van der Waals surface area contributed by atoms with Gasteiger partial charge in [-0.15, -0.1) is 0 Å². The van der Waals surface area contributed by atoms with Crippen LogP contribution in [0.15, 0.2) is 65.2 Å². The Morgan fingerprint density at radius 2 is 1.94 bits per heavy atom. The van der Waals surface area contributed by atoms with Crippen molar-refractivity contribution in [3.63, 3.8) is 0 Å². The number of carbonyl (C=O) groups is 2. The van der Waals surface area contributed by atoms with Crippen LogP contribution >= 0.6 is 0 Å². The highest BCUT2D eigenvalue weighted by Gasteiger charge is 2.15. The van der Waals surface area contributed by atoms with Crippen LogP contribution in [0, 0.1) is 11.3 Å². The molecule has 31 heavy (non-hydrogen) atoms. The SMILES string of the molecule is CCCCOC(=O)c1ccccc1N/C=C(/C#N)C(=O)Nc1cccc(S(=O)(=O)O)c1. The maximum atomic E-state index is 12.4. The van der Waals surface area contributed by atoms with Gasteiger partial charge in [-0.05, 0) is 36.8 Å². The Labute approximate surface area is 180 Å². The maximum absolute atomic E-state index is 12.4. The molecule has 0 aromatic heterocycles. The van der Waals surface area contributed by atoms with Crippen LogP contribution in [0.5, 0.6) is 0 Å². The molecule has 2 aromatic rings. The number of hydrogen-bond donors (Lipinski definition) is 3. The highest BCUT2D eigenvalue weighted by Crippen LogP contribution is 2.18. The number of anilines is 2. The maximum Gasteiger partial charge on any atom is 0.340 e. The van der Waals surface area contributed by atoms with E-state index in [0.717, 1.165) is 31.2 Å². The van der Waals surface area contributed by atoms with Crippen LogP contribution in [0.3, 0.4) is 0 Å². The molecule has 3 N–H and O–H groups in total. The Morgan fingerprint density at radius 3 is 2.61 bits per heavy atom. The highest BCUT2D eigenvalue weighted by molar-refractivity contribution is 7.85. The van der Waals surface area contributed by atoms with E-state index >= 15 is 0 Å². The molecule has 0 atom stereocenters. The molecule has 0 bridgehead atoms. The number of nitrogens with one attached hydrogen (secondary N) is 2. The minimum atomic E-state index is -4.44. The molecule has 0 aliphatic carbocycles.